The molecule has 4 rings (SSSR count). The second kappa shape index (κ2) is 7.42. The van der Waals surface area contributed by atoms with Gasteiger partial charge in [0.15, 0.2) is 0 Å². The molecular weight excluding hydrogens is 325 g/mol. The molecular formula is C22H24FN3. The van der Waals surface area contributed by atoms with Crippen molar-refractivity contribution in [2.24, 2.45) is 0 Å². The Bertz CT molecular complexity index is 869. The fourth-order valence-electron chi connectivity index (χ4n) is 3.95. The van der Waals surface area contributed by atoms with E-state index in [4.69, 9.17) is 0 Å². The van der Waals surface area contributed by atoms with Gasteiger partial charge in [0.25, 0.3) is 0 Å². The molecule has 1 atom stereocenters. The van der Waals surface area contributed by atoms with Crippen LogP contribution in [-0.2, 0) is 13.0 Å². The molecule has 0 bridgehead atoms. The van der Waals surface area contributed by atoms with E-state index < -0.39 is 0 Å². The largest absolute Gasteiger partial charge is 0.330 e. The Morgan fingerprint density at radius 1 is 1.12 bits per heavy atom. The van der Waals surface area contributed by atoms with Crippen LogP contribution in [0.1, 0.15) is 30.0 Å². The molecule has 1 fully saturated rings. The summed E-state index contributed by atoms with van der Waals surface area (Å²) in [5.74, 6) is -0.188. The maximum Gasteiger partial charge on any atom is 0.123 e. The molecule has 1 saturated heterocycles. The number of aryl methyl sites for hydroxylation is 2. The van der Waals surface area contributed by atoms with Crippen LogP contribution in [0.4, 0.5) is 4.39 Å². The van der Waals surface area contributed by atoms with Crippen LogP contribution in [0.5, 0.6) is 0 Å². The van der Waals surface area contributed by atoms with E-state index in [2.05, 4.69) is 45.8 Å². The Labute approximate surface area is 154 Å². The van der Waals surface area contributed by atoms with E-state index in [0.29, 0.717) is 6.04 Å². The monoisotopic (exact) mass is 349 g/mol. The molecule has 0 unspecified atom stereocenters. The van der Waals surface area contributed by atoms with Crippen molar-refractivity contribution in [2.45, 2.75) is 31.8 Å². The van der Waals surface area contributed by atoms with E-state index in [1.165, 1.54) is 36.1 Å². The summed E-state index contributed by atoms with van der Waals surface area (Å²) in [5, 5.41) is 0. The quantitative estimate of drug-likeness (QED) is 0.666. The second-order valence-corrected chi connectivity index (χ2v) is 7.07. The Hall–Kier alpha value is -2.46. The number of hydrogen-bond donors (Lipinski definition) is 0. The molecule has 26 heavy (non-hydrogen) atoms. The third-order valence-electron chi connectivity index (χ3n) is 5.38. The second-order valence-electron chi connectivity index (χ2n) is 7.07. The predicted octanol–water partition coefficient (Wildman–Crippen LogP) is 4.70. The third kappa shape index (κ3) is 3.42. The van der Waals surface area contributed by atoms with Crippen LogP contribution >= 0.6 is 0 Å². The minimum Gasteiger partial charge on any atom is -0.330 e. The minimum atomic E-state index is -0.188. The molecule has 3 aromatic rings. The molecule has 2 aromatic carbocycles. The smallest absolute Gasteiger partial charge is 0.123 e. The van der Waals surface area contributed by atoms with Crippen LogP contribution in [0, 0.1) is 5.82 Å². The molecule has 1 aromatic heterocycles. The lowest BCUT2D eigenvalue weighted by Crippen LogP contribution is -2.18. The van der Waals surface area contributed by atoms with Crippen LogP contribution in [0.15, 0.2) is 61.1 Å². The molecule has 4 heteroatoms. The van der Waals surface area contributed by atoms with Gasteiger partial charge in [0.05, 0.1) is 18.2 Å². The summed E-state index contributed by atoms with van der Waals surface area (Å²) < 4.78 is 15.3. The van der Waals surface area contributed by atoms with Crippen molar-refractivity contribution in [3.8, 4) is 11.3 Å². The van der Waals surface area contributed by atoms with E-state index in [1.807, 2.05) is 24.7 Å². The standard InChI is InChI=1S/C22H24FN3/c1-25-13-4-7-21(25)19-5-2-3-6-20(19)22-15-24-16-26(22)14-12-17-8-10-18(23)11-9-17/h2-3,5-6,8-11,15-16,21H,4,7,12-14H2,1H3/t21-/m0/s1. The molecule has 1 aliphatic heterocycles. The van der Waals surface area contributed by atoms with Crippen LogP contribution < -0.4 is 0 Å². The zero-order valence-electron chi connectivity index (χ0n) is 15.1. The molecule has 134 valence electrons. The SMILES string of the molecule is CN1CCC[C@H]1c1ccccc1-c1cncn1CCc1ccc(F)cc1. The van der Waals surface area contributed by atoms with Gasteiger partial charge in [-0.15, -0.1) is 0 Å². The van der Waals surface area contributed by atoms with E-state index >= 15 is 0 Å². The molecule has 0 spiro atoms. The van der Waals surface area contributed by atoms with Crippen molar-refractivity contribution < 1.29 is 4.39 Å². The first kappa shape index (κ1) is 17.0. The van der Waals surface area contributed by atoms with Crippen LogP contribution in [0.25, 0.3) is 11.3 Å². The van der Waals surface area contributed by atoms with Crippen molar-refractivity contribution in [3.05, 3.63) is 78.0 Å². The van der Waals surface area contributed by atoms with Crippen molar-refractivity contribution in [2.75, 3.05) is 13.6 Å². The summed E-state index contributed by atoms with van der Waals surface area (Å²) in [6.45, 7) is 1.98. The van der Waals surface area contributed by atoms with Gasteiger partial charge in [-0.05, 0) is 56.1 Å². The summed E-state index contributed by atoms with van der Waals surface area (Å²) in [7, 11) is 2.21. The normalized spacial score (nSPS) is 17.7. The summed E-state index contributed by atoms with van der Waals surface area (Å²) in [6, 6.07) is 15.9. The van der Waals surface area contributed by atoms with Crippen LogP contribution in [0.2, 0.25) is 0 Å². The van der Waals surface area contributed by atoms with Crippen LogP contribution in [0.3, 0.4) is 0 Å². The highest BCUT2D eigenvalue weighted by Crippen LogP contribution is 2.36. The van der Waals surface area contributed by atoms with Gasteiger partial charge in [0.2, 0.25) is 0 Å². The number of nitrogens with zero attached hydrogens (tertiary/aromatic N) is 3. The fraction of sp³-hybridized carbons (Fsp3) is 0.318. The number of halogens is 1. The average molecular weight is 349 g/mol. The zero-order chi connectivity index (χ0) is 17.9. The highest BCUT2D eigenvalue weighted by Gasteiger charge is 2.25. The van der Waals surface area contributed by atoms with Gasteiger partial charge in [-0.2, -0.15) is 0 Å². The molecule has 2 heterocycles. The van der Waals surface area contributed by atoms with Gasteiger partial charge in [0.1, 0.15) is 5.82 Å². The topological polar surface area (TPSA) is 21.1 Å². The molecule has 0 amide bonds. The molecule has 0 saturated carbocycles. The first-order valence-corrected chi connectivity index (χ1v) is 9.26. The summed E-state index contributed by atoms with van der Waals surface area (Å²) in [6.07, 6.45) is 7.16. The maximum absolute atomic E-state index is 13.1. The Balaban J connectivity index is 1.60. The van der Waals surface area contributed by atoms with Crippen LogP contribution in [-0.4, -0.2) is 28.0 Å². The minimum absolute atomic E-state index is 0.188. The molecule has 1 aliphatic rings. The number of likely N-dealkylation sites (tertiary alicyclic amines) is 1. The number of imidazole rings is 1. The van der Waals surface area contributed by atoms with Gasteiger partial charge < -0.3 is 4.57 Å². The summed E-state index contributed by atoms with van der Waals surface area (Å²) >= 11 is 0. The van der Waals surface area contributed by atoms with E-state index in [-0.39, 0.29) is 5.82 Å². The Kier molecular flexibility index (Phi) is 4.85. The summed E-state index contributed by atoms with van der Waals surface area (Å²) in [4.78, 5) is 6.84. The highest BCUT2D eigenvalue weighted by molar-refractivity contribution is 5.64. The molecule has 0 N–H and O–H groups in total. The predicted molar refractivity (Wildman–Crippen MR) is 102 cm³/mol. The van der Waals surface area contributed by atoms with E-state index in [1.54, 1.807) is 0 Å². The third-order valence-corrected chi connectivity index (χ3v) is 5.38. The number of rotatable bonds is 5. The number of hydrogen-bond acceptors (Lipinski definition) is 2. The van der Waals surface area contributed by atoms with Gasteiger partial charge in [0, 0.05) is 18.2 Å². The lowest BCUT2D eigenvalue weighted by molar-refractivity contribution is 0.318. The Morgan fingerprint density at radius 3 is 2.69 bits per heavy atom. The number of aromatic nitrogens is 2. The maximum atomic E-state index is 13.1. The zero-order valence-corrected chi connectivity index (χ0v) is 15.1. The fourth-order valence-corrected chi connectivity index (χ4v) is 3.95. The lowest BCUT2D eigenvalue weighted by atomic mass is 9.96. The molecule has 0 aliphatic carbocycles. The molecule has 3 nitrogen and oxygen atoms in total. The lowest BCUT2D eigenvalue weighted by Gasteiger charge is -2.23. The van der Waals surface area contributed by atoms with Crippen molar-refractivity contribution in [3.63, 3.8) is 0 Å². The van der Waals surface area contributed by atoms with Gasteiger partial charge in [-0.25, -0.2) is 9.37 Å². The van der Waals surface area contributed by atoms with E-state index in [9.17, 15) is 4.39 Å². The first-order valence-electron chi connectivity index (χ1n) is 9.26. The number of benzene rings is 2. The van der Waals surface area contributed by atoms with E-state index in [0.717, 1.165) is 30.8 Å². The average Bonchev–Trinajstić information content (AvgIpc) is 3.30. The molecule has 0 radical (unpaired) electrons. The van der Waals surface area contributed by atoms with Gasteiger partial charge in [-0.1, -0.05) is 36.4 Å². The van der Waals surface area contributed by atoms with Gasteiger partial charge >= 0.3 is 0 Å². The van der Waals surface area contributed by atoms with Crippen molar-refractivity contribution in [1.29, 1.82) is 0 Å². The first-order chi connectivity index (χ1) is 12.7. The highest BCUT2D eigenvalue weighted by atomic mass is 19.1. The van der Waals surface area contributed by atoms with Gasteiger partial charge in [-0.3, -0.25) is 4.90 Å². The summed E-state index contributed by atoms with van der Waals surface area (Å²) in [5.41, 5.74) is 4.94. The van der Waals surface area contributed by atoms with Crippen molar-refractivity contribution >= 4 is 0 Å². The Morgan fingerprint density at radius 2 is 1.92 bits per heavy atom. The van der Waals surface area contributed by atoms with Crippen molar-refractivity contribution in [1.82, 2.24) is 14.5 Å².